The average molecular weight is 191 g/mol. The fourth-order valence-electron chi connectivity index (χ4n) is 0.697. The topological polar surface area (TPSA) is 43.4 Å². The Balaban J connectivity index is 4.55. The molecule has 0 aromatic rings. The fourth-order valence-corrected chi connectivity index (χ4v) is 0.841. The third-order valence-corrected chi connectivity index (χ3v) is 1.48. The predicted octanol–water partition coefficient (Wildman–Crippen LogP) is 1.30. The number of hydrogen-bond donors (Lipinski definition) is 0. The lowest BCUT2D eigenvalue weighted by atomic mass is 10.1. The zero-order chi connectivity index (χ0) is 9.56. The van der Waals surface area contributed by atoms with E-state index in [9.17, 15) is 9.59 Å². The lowest BCUT2D eigenvalue weighted by Gasteiger charge is -2.00. The number of methoxy groups -OCH3 is 1. The number of esters is 1. The van der Waals surface area contributed by atoms with Gasteiger partial charge in [0, 0.05) is 0 Å². The van der Waals surface area contributed by atoms with E-state index in [1.54, 1.807) is 0 Å². The molecule has 68 valence electrons. The van der Waals surface area contributed by atoms with Crippen LogP contribution >= 0.6 is 11.6 Å². The van der Waals surface area contributed by atoms with Crippen LogP contribution in [0.2, 0.25) is 0 Å². The molecule has 0 atom stereocenters. The molecule has 0 saturated carbocycles. The first kappa shape index (κ1) is 11.2. The van der Waals surface area contributed by atoms with Crippen molar-refractivity contribution in [1.82, 2.24) is 0 Å². The zero-order valence-corrected chi connectivity index (χ0v) is 7.85. The van der Waals surface area contributed by atoms with E-state index in [-0.39, 0.29) is 11.5 Å². The van der Waals surface area contributed by atoms with E-state index in [0.29, 0.717) is 6.42 Å². The molecule has 0 aliphatic carbocycles. The molecule has 0 aliphatic heterocycles. The minimum atomic E-state index is -0.623. The van der Waals surface area contributed by atoms with Crippen molar-refractivity contribution in [3.63, 3.8) is 0 Å². The van der Waals surface area contributed by atoms with Crippen molar-refractivity contribution in [3.8, 4) is 0 Å². The molecule has 0 aliphatic rings. The van der Waals surface area contributed by atoms with E-state index in [4.69, 9.17) is 11.6 Å². The van der Waals surface area contributed by atoms with Crippen LogP contribution in [0.1, 0.15) is 13.3 Å². The van der Waals surface area contributed by atoms with Gasteiger partial charge in [-0.15, -0.1) is 11.6 Å². The number of alkyl halides is 1. The van der Waals surface area contributed by atoms with E-state index in [1.165, 1.54) is 13.2 Å². The third-order valence-electron chi connectivity index (χ3n) is 1.24. The number of Topliss-reactive ketones (excluding diaryl/α,β-unsaturated/α-hetero) is 1. The molecule has 0 saturated heterocycles. The van der Waals surface area contributed by atoms with Gasteiger partial charge in [0.2, 0.25) is 0 Å². The van der Waals surface area contributed by atoms with Crippen LogP contribution < -0.4 is 0 Å². The molecule has 3 nitrogen and oxygen atoms in total. The molecular formula is C8H11ClO3. The molecule has 0 bridgehead atoms. The van der Waals surface area contributed by atoms with Gasteiger partial charge < -0.3 is 4.74 Å². The monoisotopic (exact) mass is 190 g/mol. The summed E-state index contributed by atoms with van der Waals surface area (Å²) in [6.45, 7) is 1.82. The first-order chi connectivity index (χ1) is 5.67. The Morgan fingerprint density at radius 3 is 2.42 bits per heavy atom. The highest BCUT2D eigenvalue weighted by Gasteiger charge is 2.16. The van der Waals surface area contributed by atoms with Crippen molar-refractivity contribution in [2.75, 3.05) is 13.0 Å². The number of rotatable bonds is 4. The highest BCUT2D eigenvalue weighted by molar-refractivity contribution is 6.34. The molecule has 0 fully saturated rings. The van der Waals surface area contributed by atoms with Gasteiger partial charge in [0.05, 0.1) is 18.6 Å². The number of allylic oxidation sites excluding steroid dienone is 1. The van der Waals surface area contributed by atoms with Crippen LogP contribution in [0.15, 0.2) is 11.6 Å². The summed E-state index contributed by atoms with van der Waals surface area (Å²) in [4.78, 5) is 21.9. The predicted molar refractivity (Wildman–Crippen MR) is 46.1 cm³/mol. The molecule has 12 heavy (non-hydrogen) atoms. The SMILES string of the molecule is CCC=C(C(=O)CCl)C(=O)OC. The van der Waals surface area contributed by atoms with E-state index < -0.39 is 11.8 Å². The van der Waals surface area contributed by atoms with E-state index >= 15 is 0 Å². The molecule has 0 aromatic heterocycles. The second kappa shape index (κ2) is 5.77. The van der Waals surface area contributed by atoms with Crippen molar-refractivity contribution >= 4 is 23.4 Å². The molecule has 0 unspecified atom stereocenters. The number of hydrogen-bond acceptors (Lipinski definition) is 3. The summed E-state index contributed by atoms with van der Waals surface area (Å²) in [7, 11) is 1.23. The summed E-state index contributed by atoms with van der Waals surface area (Å²) >= 11 is 5.29. The van der Waals surface area contributed by atoms with E-state index in [2.05, 4.69) is 4.74 Å². The number of carbonyl (C=O) groups is 2. The van der Waals surface area contributed by atoms with Gasteiger partial charge in [-0.3, -0.25) is 4.79 Å². The molecule has 0 heterocycles. The highest BCUT2D eigenvalue weighted by Crippen LogP contribution is 2.02. The zero-order valence-electron chi connectivity index (χ0n) is 7.09. The number of ether oxygens (including phenoxy) is 1. The summed E-state index contributed by atoms with van der Waals surface area (Å²) in [6.07, 6.45) is 2.11. The largest absolute Gasteiger partial charge is 0.465 e. The molecule has 4 heteroatoms. The standard InChI is InChI=1S/C8H11ClO3/c1-3-4-6(7(10)5-9)8(11)12-2/h4H,3,5H2,1-2H3. The van der Waals surface area contributed by atoms with Crippen molar-refractivity contribution < 1.29 is 14.3 Å². The Bertz CT molecular complexity index is 190. The summed E-state index contributed by atoms with van der Waals surface area (Å²) in [5, 5.41) is 0. The summed E-state index contributed by atoms with van der Waals surface area (Å²) in [5.41, 5.74) is 0.0370. The lowest BCUT2D eigenvalue weighted by Crippen LogP contribution is -2.15. The maximum absolute atomic E-state index is 11.0. The Kier molecular flexibility index (Phi) is 5.37. The van der Waals surface area contributed by atoms with Gasteiger partial charge in [-0.25, -0.2) is 4.79 Å². The first-order valence-electron chi connectivity index (χ1n) is 3.55. The van der Waals surface area contributed by atoms with Crippen LogP contribution in [0, 0.1) is 0 Å². The fraction of sp³-hybridized carbons (Fsp3) is 0.500. The lowest BCUT2D eigenvalue weighted by molar-refractivity contribution is -0.137. The van der Waals surface area contributed by atoms with Gasteiger partial charge in [0.25, 0.3) is 0 Å². The Labute approximate surface area is 76.3 Å². The van der Waals surface area contributed by atoms with Gasteiger partial charge in [-0.05, 0) is 6.42 Å². The van der Waals surface area contributed by atoms with Crippen LogP contribution in [0.3, 0.4) is 0 Å². The molecule has 0 aromatic carbocycles. The van der Waals surface area contributed by atoms with Crippen molar-refractivity contribution in [3.05, 3.63) is 11.6 Å². The van der Waals surface area contributed by atoms with Crippen LogP contribution in [0.25, 0.3) is 0 Å². The molecule has 0 radical (unpaired) electrons. The van der Waals surface area contributed by atoms with Gasteiger partial charge in [0.1, 0.15) is 0 Å². The maximum Gasteiger partial charge on any atom is 0.341 e. The van der Waals surface area contributed by atoms with Crippen LogP contribution in [-0.2, 0) is 14.3 Å². The van der Waals surface area contributed by atoms with Gasteiger partial charge in [0.15, 0.2) is 5.78 Å². The molecule has 0 N–H and O–H groups in total. The van der Waals surface area contributed by atoms with Crippen molar-refractivity contribution in [2.24, 2.45) is 0 Å². The third kappa shape index (κ3) is 3.05. The van der Waals surface area contributed by atoms with E-state index in [1.807, 2.05) is 6.92 Å². The van der Waals surface area contributed by atoms with Crippen molar-refractivity contribution in [2.45, 2.75) is 13.3 Å². The van der Waals surface area contributed by atoms with Crippen LogP contribution in [-0.4, -0.2) is 24.7 Å². The molecule has 0 amide bonds. The second-order valence-electron chi connectivity index (χ2n) is 2.07. The van der Waals surface area contributed by atoms with Gasteiger partial charge in [-0.2, -0.15) is 0 Å². The molecule has 0 rings (SSSR count). The number of carbonyl (C=O) groups excluding carboxylic acids is 2. The van der Waals surface area contributed by atoms with E-state index in [0.717, 1.165) is 0 Å². The minimum Gasteiger partial charge on any atom is -0.465 e. The average Bonchev–Trinajstić information content (AvgIpc) is 2.11. The Morgan fingerprint density at radius 2 is 2.08 bits per heavy atom. The van der Waals surface area contributed by atoms with Crippen LogP contribution in [0.5, 0.6) is 0 Å². The minimum absolute atomic E-state index is 0.0370. The molecular weight excluding hydrogens is 180 g/mol. The maximum atomic E-state index is 11.0. The smallest absolute Gasteiger partial charge is 0.341 e. The Morgan fingerprint density at radius 1 is 1.50 bits per heavy atom. The van der Waals surface area contributed by atoms with Gasteiger partial charge >= 0.3 is 5.97 Å². The number of ketones is 1. The molecule has 0 spiro atoms. The summed E-state index contributed by atoms with van der Waals surface area (Å²) in [6, 6.07) is 0. The quantitative estimate of drug-likeness (QED) is 0.221. The highest BCUT2D eigenvalue weighted by atomic mass is 35.5. The normalized spacial score (nSPS) is 11.1. The summed E-state index contributed by atoms with van der Waals surface area (Å²) < 4.78 is 4.40. The van der Waals surface area contributed by atoms with Crippen LogP contribution in [0.4, 0.5) is 0 Å². The Hall–Kier alpha value is -0.830. The number of halogens is 1. The second-order valence-corrected chi connectivity index (χ2v) is 2.34. The summed E-state index contributed by atoms with van der Waals surface area (Å²) in [5.74, 6) is -1.21. The van der Waals surface area contributed by atoms with Gasteiger partial charge in [-0.1, -0.05) is 13.0 Å². The first-order valence-corrected chi connectivity index (χ1v) is 4.08. The van der Waals surface area contributed by atoms with Crippen molar-refractivity contribution in [1.29, 1.82) is 0 Å².